The van der Waals surface area contributed by atoms with Gasteiger partial charge >= 0.3 is 0 Å². The van der Waals surface area contributed by atoms with Gasteiger partial charge in [0.25, 0.3) is 0 Å². The first-order valence-electron chi connectivity index (χ1n) is 5.83. The first-order valence-corrected chi connectivity index (χ1v) is 6.62. The van der Waals surface area contributed by atoms with Gasteiger partial charge in [-0.15, -0.1) is 0 Å². The van der Waals surface area contributed by atoms with Crippen LogP contribution in [-0.4, -0.2) is 9.55 Å². The Bertz CT molecular complexity index is 535. The third-order valence-electron chi connectivity index (χ3n) is 2.66. The Labute approximate surface area is 115 Å². The molecule has 2 nitrogen and oxygen atoms in total. The van der Waals surface area contributed by atoms with E-state index >= 15 is 0 Å². The Morgan fingerprint density at radius 1 is 1.28 bits per heavy atom. The number of imidazole rings is 1. The second-order valence-corrected chi connectivity index (χ2v) is 6.32. The second kappa shape index (κ2) is 4.84. The van der Waals surface area contributed by atoms with E-state index in [4.69, 9.17) is 0 Å². The fourth-order valence-corrected chi connectivity index (χ4v) is 2.49. The highest BCUT2D eigenvalue weighted by atomic mass is 79.9. The summed E-state index contributed by atoms with van der Waals surface area (Å²) < 4.78 is 16.2. The highest BCUT2D eigenvalue weighted by molar-refractivity contribution is 9.10. The molecule has 0 unspecified atom stereocenters. The number of halogens is 2. The average molecular weight is 311 g/mol. The van der Waals surface area contributed by atoms with Gasteiger partial charge in [-0.3, -0.25) is 0 Å². The van der Waals surface area contributed by atoms with Crippen LogP contribution in [0.25, 0.3) is 0 Å². The topological polar surface area (TPSA) is 17.8 Å². The molecule has 0 saturated heterocycles. The summed E-state index contributed by atoms with van der Waals surface area (Å²) in [7, 11) is 0. The molecule has 1 heterocycles. The van der Waals surface area contributed by atoms with E-state index in [2.05, 4.69) is 46.3 Å². The fourth-order valence-electron chi connectivity index (χ4n) is 1.98. The van der Waals surface area contributed by atoms with Crippen LogP contribution in [0.3, 0.4) is 0 Å². The molecule has 0 aliphatic heterocycles. The number of benzene rings is 1. The quantitative estimate of drug-likeness (QED) is 0.815. The van der Waals surface area contributed by atoms with Gasteiger partial charge in [-0.25, -0.2) is 9.37 Å². The number of nitrogens with zero attached hydrogens (tertiary/aromatic N) is 2. The molecule has 0 atom stereocenters. The van der Waals surface area contributed by atoms with Gasteiger partial charge in [0.1, 0.15) is 11.6 Å². The molecule has 0 aliphatic carbocycles. The van der Waals surface area contributed by atoms with Crippen molar-refractivity contribution in [1.29, 1.82) is 0 Å². The van der Waals surface area contributed by atoms with Crippen molar-refractivity contribution < 1.29 is 4.39 Å². The van der Waals surface area contributed by atoms with Crippen LogP contribution in [-0.2, 0) is 12.0 Å². The lowest BCUT2D eigenvalue weighted by Gasteiger charge is -2.19. The molecule has 4 heteroatoms. The van der Waals surface area contributed by atoms with E-state index in [1.807, 2.05) is 12.3 Å². The maximum Gasteiger partial charge on any atom is 0.124 e. The average Bonchev–Trinajstić information content (AvgIpc) is 2.63. The molecule has 0 aliphatic rings. The summed E-state index contributed by atoms with van der Waals surface area (Å²) >= 11 is 3.31. The van der Waals surface area contributed by atoms with Crippen LogP contribution in [0.15, 0.2) is 35.1 Å². The summed E-state index contributed by atoms with van der Waals surface area (Å²) in [6.07, 6.45) is 3.72. The number of aromatic nitrogens is 2. The molecule has 0 N–H and O–H groups in total. The summed E-state index contributed by atoms with van der Waals surface area (Å²) in [5, 5.41) is 0. The maximum absolute atomic E-state index is 13.3. The van der Waals surface area contributed by atoms with Crippen molar-refractivity contribution in [3.63, 3.8) is 0 Å². The molecular formula is C14H16BrFN2. The van der Waals surface area contributed by atoms with Crippen molar-refractivity contribution in [2.24, 2.45) is 0 Å². The summed E-state index contributed by atoms with van der Waals surface area (Å²) in [4.78, 5) is 4.39. The van der Waals surface area contributed by atoms with Crippen LogP contribution in [0.5, 0.6) is 0 Å². The predicted octanol–water partition coefficient (Wildman–Crippen LogP) is 4.13. The monoisotopic (exact) mass is 310 g/mol. The molecule has 0 bridgehead atoms. The molecule has 0 radical (unpaired) electrons. The zero-order valence-electron chi connectivity index (χ0n) is 10.7. The van der Waals surface area contributed by atoms with E-state index in [0.29, 0.717) is 6.54 Å². The van der Waals surface area contributed by atoms with E-state index < -0.39 is 0 Å². The summed E-state index contributed by atoms with van der Waals surface area (Å²) in [6.45, 7) is 6.98. The standard InChI is InChI=1S/C14H16BrFN2/c1-14(2,3)13-17-4-5-18(13)9-10-6-11(15)8-12(16)7-10/h4-8H,9H2,1-3H3. The largest absolute Gasteiger partial charge is 0.330 e. The van der Waals surface area contributed by atoms with E-state index in [0.717, 1.165) is 15.9 Å². The summed E-state index contributed by atoms with van der Waals surface area (Å²) in [5.41, 5.74) is 0.902. The zero-order valence-corrected chi connectivity index (χ0v) is 12.3. The van der Waals surface area contributed by atoms with Crippen molar-refractivity contribution in [3.8, 4) is 0 Å². The Hall–Kier alpha value is -1.16. The van der Waals surface area contributed by atoms with Crippen LogP contribution in [0.4, 0.5) is 4.39 Å². The van der Waals surface area contributed by atoms with Crippen molar-refractivity contribution in [2.75, 3.05) is 0 Å². The molecule has 0 amide bonds. The van der Waals surface area contributed by atoms with Crippen LogP contribution in [0, 0.1) is 5.82 Å². The molecule has 0 fully saturated rings. The Morgan fingerprint density at radius 2 is 2.00 bits per heavy atom. The first kappa shape index (κ1) is 13.3. The van der Waals surface area contributed by atoms with Gasteiger partial charge in [0.15, 0.2) is 0 Å². The minimum absolute atomic E-state index is 0.0198. The Morgan fingerprint density at radius 3 is 2.61 bits per heavy atom. The van der Waals surface area contributed by atoms with E-state index in [1.165, 1.54) is 6.07 Å². The molecule has 96 valence electrons. The third-order valence-corrected chi connectivity index (χ3v) is 3.12. The van der Waals surface area contributed by atoms with Gasteiger partial charge in [0, 0.05) is 28.8 Å². The minimum Gasteiger partial charge on any atom is -0.330 e. The number of hydrogen-bond acceptors (Lipinski definition) is 1. The van der Waals surface area contributed by atoms with Crippen LogP contribution >= 0.6 is 15.9 Å². The van der Waals surface area contributed by atoms with Crippen LogP contribution in [0.1, 0.15) is 32.2 Å². The zero-order chi connectivity index (χ0) is 13.3. The molecule has 2 rings (SSSR count). The normalized spacial score (nSPS) is 11.8. The fraction of sp³-hybridized carbons (Fsp3) is 0.357. The molecular weight excluding hydrogens is 295 g/mol. The van der Waals surface area contributed by atoms with Crippen LogP contribution < -0.4 is 0 Å². The lowest BCUT2D eigenvalue weighted by molar-refractivity contribution is 0.511. The highest BCUT2D eigenvalue weighted by Crippen LogP contribution is 2.22. The predicted molar refractivity (Wildman–Crippen MR) is 74.1 cm³/mol. The second-order valence-electron chi connectivity index (χ2n) is 5.41. The first-order chi connectivity index (χ1) is 8.36. The molecule has 1 aromatic carbocycles. The molecule has 18 heavy (non-hydrogen) atoms. The van der Waals surface area contributed by atoms with E-state index in [1.54, 1.807) is 12.3 Å². The Balaban J connectivity index is 2.32. The van der Waals surface area contributed by atoms with Crippen molar-refractivity contribution in [2.45, 2.75) is 32.7 Å². The van der Waals surface area contributed by atoms with Crippen molar-refractivity contribution in [1.82, 2.24) is 9.55 Å². The van der Waals surface area contributed by atoms with Gasteiger partial charge in [-0.05, 0) is 23.8 Å². The van der Waals surface area contributed by atoms with Gasteiger partial charge in [-0.2, -0.15) is 0 Å². The SMILES string of the molecule is CC(C)(C)c1nccn1Cc1cc(F)cc(Br)c1. The molecule has 2 aromatic rings. The van der Waals surface area contributed by atoms with Gasteiger partial charge in [0.05, 0.1) is 0 Å². The van der Waals surface area contributed by atoms with E-state index in [9.17, 15) is 4.39 Å². The highest BCUT2D eigenvalue weighted by Gasteiger charge is 2.19. The Kier molecular flexibility index (Phi) is 3.57. The number of rotatable bonds is 2. The molecule has 0 saturated carbocycles. The number of hydrogen-bond donors (Lipinski definition) is 0. The van der Waals surface area contributed by atoms with Gasteiger partial charge in [-0.1, -0.05) is 36.7 Å². The smallest absolute Gasteiger partial charge is 0.124 e. The minimum atomic E-state index is -0.225. The molecule has 0 spiro atoms. The maximum atomic E-state index is 13.3. The van der Waals surface area contributed by atoms with Crippen molar-refractivity contribution >= 4 is 15.9 Å². The van der Waals surface area contributed by atoms with Crippen molar-refractivity contribution in [3.05, 3.63) is 52.3 Å². The summed E-state index contributed by atoms with van der Waals surface area (Å²) in [6, 6.07) is 4.94. The summed E-state index contributed by atoms with van der Waals surface area (Å²) in [5.74, 6) is 0.777. The third kappa shape index (κ3) is 2.99. The van der Waals surface area contributed by atoms with E-state index in [-0.39, 0.29) is 11.2 Å². The lowest BCUT2D eigenvalue weighted by atomic mass is 9.95. The van der Waals surface area contributed by atoms with Crippen LogP contribution in [0.2, 0.25) is 0 Å². The lowest BCUT2D eigenvalue weighted by Crippen LogP contribution is -2.19. The van der Waals surface area contributed by atoms with Gasteiger partial charge in [0.2, 0.25) is 0 Å². The molecule has 1 aromatic heterocycles. The van der Waals surface area contributed by atoms with Gasteiger partial charge < -0.3 is 4.57 Å².